The van der Waals surface area contributed by atoms with Crippen LogP contribution in [0.2, 0.25) is 0 Å². The summed E-state index contributed by atoms with van der Waals surface area (Å²) in [5.41, 5.74) is 9.66. The number of rotatable bonds is 2. The molecule has 0 aromatic heterocycles. The first-order valence-corrected chi connectivity index (χ1v) is 14.9. The number of anilines is 1. The fourth-order valence-electron chi connectivity index (χ4n) is 7.80. The van der Waals surface area contributed by atoms with Gasteiger partial charge in [-0.1, -0.05) is 81.7 Å². The Hall–Kier alpha value is -3.33. The number of carbonyl (C=O) groups excluding carboxylic acids is 1. The Morgan fingerprint density at radius 1 is 0.769 bits per heavy atom. The van der Waals surface area contributed by atoms with Crippen LogP contribution in [0.5, 0.6) is 0 Å². The first kappa shape index (κ1) is 25.9. The van der Waals surface area contributed by atoms with Crippen molar-refractivity contribution in [1.82, 2.24) is 0 Å². The standard InChI is InChI=1S/C36H41NO2/c1-23-15-9-10-18-27(23)35(3)21-13-5-7-16-25(24(35)2)30-32(38)31(33(30)39)26-17-8-6-14-22-36(4)28-19-11-12-20-29(28)37-34(26)36/h9-12,15,18-20,37-38H,2,5-8,13-14,16-17,21-22H2,1,3-4H3/b30-25+,34-26-. The normalized spacial score (nSPS) is 31.4. The molecule has 1 fully saturated rings. The molecule has 2 atom stereocenters. The van der Waals surface area contributed by atoms with Crippen molar-refractivity contribution >= 4 is 11.5 Å². The lowest BCUT2D eigenvalue weighted by Gasteiger charge is -2.39. The lowest BCUT2D eigenvalue weighted by atomic mass is 9.64. The highest BCUT2D eigenvalue weighted by Gasteiger charge is 2.47. The molecule has 0 saturated heterocycles. The van der Waals surface area contributed by atoms with Crippen molar-refractivity contribution in [1.29, 1.82) is 0 Å². The number of hydrogen-bond acceptors (Lipinski definition) is 3. The van der Waals surface area contributed by atoms with E-state index in [1.54, 1.807) is 0 Å². The number of carbonyl (C=O) groups is 1. The molecule has 0 spiro atoms. The molecular formula is C36H41NO2. The van der Waals surface area contributed by atoms with Gasteiger partial charge in [-0.3, -0.25) is 4.79 Å². The van der Waals surface area contributed by atoms with Crippen molar-refractivity contribution in [2.24, 2.45) is 0 Å². The number of para-hydroxylation sites is 1. The Bertz CT molecular complexity index is 1470. The number of aliphatic hydroxyl groups is 1. The van der Waals surface area contributed by atoms with E-state index in [0.717, 1.165) is 92.3 Å². The maximum Gasteiger partial charge on any atom is 0.201 e. The predicted molar refractivity (Wildman–Crippen MR) is 160 cm³/mol. The van der Waals surface area contributed by atoms with Gasteiger partial charge in [0.2, 0.25) is 5.78 Å². The largest absolute Gasteiger partial charge is 0.506 e. The SMILES string of the molecule is C=C1/C(=C2/C(=O)C(C3=C4\Nc5ccccc5C4(C)CCCCC\3)=C2O)CCCCCC1(C)c1ccccc1C. The maximum atomic E-state index is 14.1. The molecule has 202 valence electrons. The Morgan fingerprint density at radius 3 is 2.08 bits per heavy atom. The van der Waals surface area contributed by atoms with E-state index in [1.165, 1.54) is 16.7 Å². The van der Waals surface area contributed by atoms with Gasteiger partial charge in [-0.2, -0.15) is 0 Å². The van der Waals surface area contributed by atoms with Crippen LogP contribution in [0.25, 0.3) is 0 Å². The molecule has 6 rings (SSSR count). The lowest BCUT2D eigenvalue weighted by molar-refractivity contribution is -0.113. The van der Waals surface area contributed by atoms with E-state index in [-0.39, 0.29) is 22.4 Å². The smallest absolute Gasteiger partial charge is 0.201 e. The number of aryl methyl sites for hydroxylation is 1. The highest BCUT2D eigenvalue weighted by molar-refractivity contribution is 6.22. The second-order valence-electron chi connectivity index (χ2n) is 12.5. The third-order valence-corrected chi connectivity index (χ3v) is 10.1. The van der Waals surface area contributed by atoms with Gasteiger partial charge >= 0.3 is 0 Å². The third-order valence-electron chi connectivity index (χ3n) is 10.1. The molecule has 3 heteroatoms. The van der Waals surface area contributed by atoms with Crippen LogP contribution in [0, 0.1) is 6.92 Å². The Balaban J connectivity index is 1.48. The van der Waals surface area contributed by atoms with Crippen LogP contribution in [0.3, 0.4) is 0 Å². The molecule has 3 nitrogen and oxygen atoms in total. The van der Waals surface area contributed by atoms with Crippen molar-refractivity contribution in [3.05, 3.63) is 111 Å². The minimum absolute atomic E-state index is 0.000429. The van der Waals surface area contributed by atoms with Crippen LogP contribution in [0.1, 0.15) is 94.7 Å². The van der Waals surface area contributed by atoms with Gasteiger partial charge in [-0.15, -0.1) is 0 Å². The molecule has 4 aliphatic rings. The maximum absolute atomic E-state index is 14.1. The third kappa shape index (κ3) is 3.96. The van der Waals surface area contributed by atoms with E-state index in [1.807, 2.05) is 0 Å². The quantitative estimate of drug-likeness (QED) is 0.389. The van der Waals surface area contributed by atoms with E-state index < -0.39 is 0 Å². The molecule has 3 aliphatic carbocycles. The van der Waals surface area contributed by atoms with Gasteiger partial charge in [0.1, 0.15) is 5.76 Å². The monoisotopic (exact) mass is 519 g/mol. The number of allylic oxidation sites excluding steroid dienone is 6. The average Bonchev–Trinajstić information content (AvgIpc) is 3.21. The Labute approximate surface area is 233 Å². The van der Waals surface area contributed by atoms with Crippen molar-refractivity contribution < 1.29 is 9.90 Å². The van der Waals surface area contributed by atoms with Crippen molar-refractivity contribution in [2.75, 3.05) is 5.32 Å². The fourth-order valence-corrected chi connectivity index (χ4v) is 7.80. The van der Waals surface area contributed by atoms with Crippen molar-refractivity contribution in [2.45, 2.75) is 95.8 Å². The van der Waals surface area contributed by atoms with Gasteiger partial charge in [0.05, 0.1) is 11.1 Å². The summed E-state index contributed by atoms with van der Waals surface area (Å²) in [6.07, 6.45) is 10.2. The summed E-state index contributed by atoms with van der Waals surface area (Å²) < 4.78 is 0. The molecule has 1 saturated carbocycles. The lowest BCUT2D eigenvalue weighted by Crippen LogP contribution is -2.33. The summed E-state index contributed by atoms with van der Waals surface area (Å²) >= 11 is 0. The average molecular weight is 520 g/mol. The highest BCUT2D eigenvalue weighted by atomic mass is 16.3. The molecule has 2 aromatic rings. The van der Waals surface area contributed by atoms with E-state index in [0.29, 0.717) is 11.1 Å². The van der Waals surface area contributed by atoms with Gasteiger partial charge in [0.15, 0.2) is 0 Å². The summed E-state index contributed by atoms with van der Waals surface area (Å²) in [5, 5.41) is 15.4. The second-order valence-corrected chi connectivity index (χ2v) is 12.5. The molecule has 0 radical (unpaired) electrons. The molecule has 1 aliphatic heterocycles. The molecule has 39 heavy (non-hydrogen) atoms. The number of Topliss-reactive ketones (excluding diaryl/α,β-unsaturated/α-hetero) is 1. The van der Waals surface area contributed by atoms with Crippen molar-refractivity contribution in [3.8, 4) is 0 Å². The zero-order valence-corrected chi connectivity index (χ0v) is 23.8. The van der Waals surface area contributed by atoms with Gasteiger partial charge in [-0.05, 0) is 91.8 Å². The molecular weight excluding hydrogens is 478 g/mol. The van der Waals surface area contributed by atoms with Gasteiger partial charge < -0.3 is 10.4 Å². The minimum atomic E-state index is -0.264. The van der Waals surface area contributed by atoms with Gasteiger partial charge in [0.25, 0.3) is 0 Å². The zero-order chi connectivity index (χ0) is 27.4. The van der Waals surface area contributed by atoms with Crippen LogP contribution in [-0.2, 0) is 15.6 Å². The molecule has 1 heterocycles. The topological polar surface area (TPSA) is 49.3 Å². The molecule has 0 amide bonds. The van der Waals surface area contributed by atoms with Crippen LogP contribution in [0.15, 0.2) is 94.4 Å². The predicted octanol–water partition coefficient (Wildman–Crippen LogP) is 9.07. The van der Waals surface area contributed by atoms with Crippen molar-refractivity contribution in [3.63, 3.8) is 0 Å². The summed E-state index contributed by atoms with van der Waals surface area (Å²) in [7, 11) is 0. The second kappa shape index (κ2) is 9.70. The number of ketones is 1. The summed E-state index contributed by atoms with van der Waals surface area (Å²) in [5.74, 6) is 0.187. The first-order chi connectivity index (χ1) is 18.8. The minimum Gasteiger partial charge on any atom is -0.506 e. The number of hydrogen-bond donors (Lipinski definition) is 2. The summed E-state index contributed by atoms with van der Waals surface area (Å²) in [6, 6.07) is 17.1. The Kier molecular flexibility index (Phi) is 6.44. The van der Waals surface area contributed by atoms with Gasteiger partial charge in [0, 0.05) is 22.2 Å². The summed E-state index contributed by atoms with van der Waals surface area (Å²) in [4.78, 5) is 14.1. The fraction of sp³-hybridized carbons (Fsp3) is 0.417. The highest BCUT2D eigenvalue weighted by Crippen LogP contribution is 2.53. The van der Waals surface area contributed by atoms with E-state index in [9.17, 15) is 9.90 Å². The number of benzene rings is 2. The van der Waals surface area contributed by atoms with E-state index in [4.69, 9.17) is 0 Å². The van der Waals surface area contributed by atoms with Crippen LogP contribution in [-0.4, -0.2) is 10.9 Å². The molecule has 2 aromatic carbocycles. The number of aliphatic hydroxyl groups excluding tert-OH is 1. The Morgan fingerprint density at radius 2 is 1.38 bits per heavy atom. The van der Waals surface area contributed by atoms with Crippen LogP contribution >= 0.6 is 0 Å². The number of nitrogens with one attached hydrogen (secondary N) is 1. The van der Waals surface area contributed by atoms with E-state index in [2.05, 4.69) is 81.2 Å². The van der Waals surface area contributed by atoms with E-state index >= 15 is 0 Å². The summed E-state index contributed by atoms with van der Waals surface area (Å²) in [6.45, 7) is 11.4. The molecule has 0 bridgehead atoms. The van der Waals surface area contributed by atoms with Crippen LogP contribution < -0.4 is 5.32 Å². The van der Waals surface area contributed by atoms with Crippen LogP contribution in [0.4, 0.5) is 5.69 Å². The number of fused-ring (bicyclic) bond motifs is 3. The van der Waals surface area contributed by atoms with Gasteiger partial charge in [-0.25, -0.2) is 0 Å². The molecule has 2 unspecified atom stereocenters. The zero-order valence-electron chi connectivity index (χ0n) is 23.8. The first-order valence-electron chi connectivity index (χ1n) is 14.9. The molecule has 2 N–H and O–H groups in total.